The molecule has 3 aromatic heterocycles. The minimum Gasteiger partial charge on any atom is -0.481 e. The first kappa shape index (κ1) is 39.5. The zero-order valence-corrected chi connectivity index (χ0v) is 32.5. The largest absolute Gasteiger partial charge is 0.481 e. The number of ether oxygens (including phenoxy) is 2. The first-order chi connectivity index (χ1) is 26.5. The molecular formula is C40H45ClF2N8O4. The number of anilines is 2. The van der Waals surface area contributed by atoms with Gasteiger partial charge in [-0.15, -0.1) is 0 Å². The molecule has 3 heterocycles. The van der Waals surface area contributed by atoms with Crippen LogP contribution in [0, 0.1) is 6.92 Å². The number of benzene rings is 2. The molecule has 1 aliphatic carbocycles. The van der Waals surface area contributed by atoms with Gasteiger partial charge in [0.15, 0.2) is 0 Å². The van der Waals surface area contributed by atoms with Crippen LogP contribution in [0.5, 0.6) is 5.88 Å². The number of hydrogen-bond donors (Lipinski definition) is 2. The number of hydrogen-bond acceptors (Lipinski definition) is 9. The van der Waals surface area contributed by atoms with E-state index in [-0.39, 0.29) is 28.7 Å². The second-order valence-electron chi connectivity index (χ2n) is 13.5. The van der Waals surface area contributed by atoms with Crippen molar-refractivity contribution in [3.8, 4) is 28.3 Å². The summed E-state index contributed by atoms with van der Waals surface area (Å²) in [6.07, 6.45) is 1.06. The molecule has 12 nitrogen and oxygen atoms in total. The standard InChI is InChI=1S/C40H45ClF2N8O4/c1-23-26(10-8-13-29(23)46-37-34-25(21-31(47-37)36(42)43)22-45-50(4)39(34)52)27-11-7-12-28(35(27)41)30-20-24-14-15-32(33(24)38(48-30)55-6)49(3)16-9-17-51(18-19-54-5)40(53)44-2/h7-8,10-13,20-22,32,36H,9,14-19H2,1-6H3,(H,44,53)(H,46,47). The van der Waals surface area contributed by atoms with Crippen LogP contribution in [-0.2, 0) is 18.2 Å². The van der Waals surface area contributed by atoms with E-state index in [2.05, 4.69) is 38.7 Å². The summed E-state index contributed by atoms with van der Waals surface area (Å²) in [4.78, 5) is 38.6. The molecule has 2 amide bonds. The van der Waals surface area contributed by atoms with Crippen LogP contribution in [0.25, 0.3) is 33.2 Å². The van der Waals surface area contributed by atoms with Gasteiger partial charge in [0.1, 0.15) is 11.5 Å². The molecule has 1 aliphatic rings. The van der Waals surface area contributed by atoms with E-state index in [4.69, 9.17) is 26.1 Å². The van der Waals surface area contributed by atoms with Crippen LogP contribution in [0.1, 0.15) is 47.7 Å². The Morgan fingerprint density at radius 3 is 2.55 bits per heavy atom. The highest BCUT2D eigenvalue weighted by atomic mass is 35.5. The zero-order chi connectivity index (χ0) is 39.4. The highest BCUT2D eigenvalue weighted by Gasteiger charge is 2.31. The summed E-state index contributed by atoms with van der Waals surface area (Å²) in [6, 6.07) is 14.6. The first-order valence-electron chi connectivity index (χ1n) is 18.0. The predicted molar refractivity (Wildman–Crippen MR) is 211 cm³/mol. The molecular weight excluding hydrogens is 730 g/mol. The summed E-state index contributed by atoms with van der Waals surface area (Å²) in [5.74, 6) is 0.562. The van der Waals surface area contributed by atoms with E-state index in [9.17, 15) is 18.4 Å². The number of carbonyl (C=O) groups excluding carboxylic acids is 1. The molecule has 15 heteroatoms. The minimum absolute atomic E-state index is 0.0159. The zero-order valence-electron chi connectivity index (χ0n) is 31.8. The molecule has 0 saturated heterocycles. The summed E-state index contributed by atoms with van der Waals surface area (Å²) >= 11 is 7.21. The van der Waals surface area contributed by atoms with Gasteiger partial charge in [-0.1, -0.05) is 41.9 Å². The van der Waals surface area contributed by atoms with Gasteiger partial charge < -0.3 is 25.0 Å². The lowest BCUT2D eigenvalue weighted by Crippen LogP contribution is -2.41. The van der Waals surface area contributed by atoms with Crippen molar-refractivity contribution < 1.29 is 23.0 Å². The SMILES string of the molecule is CNC(=O)N(CCCN(C)C1CCc2cc(-c3cccc(-c4cccc(Nc5nc(C(F)F)cc6cnn(C)c(=O)c56)c4C)c3Cl)nc(OC)c21)CCOC. The smallest absolute Gasteiger partial charge is 0.317 e. The number of aromatic nitrogens is 4. The number of urea groups is 1. The lowest BCUT2D eigenvalue weighted by molar-refractivity contribution is 0.145. The van der Waals surface area contributed by atoms with Crippen molar-refractivity contribution in [1.29, 1.82) is 0 Å². The van der Waals surface area contributed by atoms with Crippen LogP contribution < -0.4 is 20.9 Å². The second-order valence-corrected chi connectivity index (χ2v) is 13.9. The summed E-state index contributed by atoms with van der Waals surface area (Å²) in [6.45, 7) is 4.26. The van der Waals surface area contributed by atoms with Crippen molar-refractivity contribution in [3.63, 3.8) is 0 Å². The molecule has 2 aromatic carbocycles. The molecule has 0 spiro atoms. The number of fused-ring (bicyclic) bond motifs is 2. The molecule has 55 heavy (non-hydrogen) atoms. The van der Waals surface area contributed by atoms with Gasteiger partial charge in [0, 0.05) is 74.6 Å². The molecule has 0 radical (unpaired) electrons. The highest BCUT2D eigenvalue weighted by Crippen LogP contribution is 2.44. The third kappa shape index (κ3) is 8.12. The Balaban J connectivity index is 1.28. The normalized spacial score (nSPS) is 13.8. The molecule has 1 atom stereocenters. The van der Waals surface area contributed by atoms with Crippen molar-refractivity contribution in [2.45, 2.75) is 38.7 Å². The molecule has 6 rings (SSSR count). The van der Waals surface area contributed by atoms with Crippen molar-refractivity contribution in [3.05, 3.63) is 92.5 Å². The van der Waals surface area contributed by atoms with Gasteiger partial charge in [0.25, 0.3) is 12.0 Å². The van der Waals surface area contributed by atoms with Crippen molar-refractivity contribution in [1.82, 2.24) is 34.9 Å². The van der Waals surface area contributed by atoms with Gasteiger partial charge >= 0.3 is 6.03 Å². The second kappa shape index (κ2) is 17.1. The number of nitrogens with one attached hydrogen (secondary N) is 2. The Morgan fingerprint density at radius 2 is 1.82 bits per heavy atom. The van der Waals surface area contributed by atoms with Gasteiger partial charge in [0.05, 0.1) is 36.0 Å². The lowest BCUT2D eigenvalue weighted by atomic mass is 9.96. The Labute approximate surface area is 323 Å². The van der Waals surface area contributed by atoms with E-state index in [1.165, 1.54) is 19.3 Å². The molecule has 2 N–H and O–H groups in total. The number of rotatable bonds is 14. The third-order valence-electron chi connectivity index (χ3n) is 10.2. The van der Waals surface area contributed by atoms with Gasteiger partial charge in [0.2, 0.25) is 5.88 Å². The number of alkyl halides is 2. The maximum Gasteiger partial charge on any atom is 0.317 e. The number of pyridine rings is 2. The molecule has 0 fully saturated rings. The van der Waals surface area contributed by atoms with Crippen LogP contribution in [0.4, 0.5) is 25.1 Å². The average Bonchev–Trinajstić information content (AvgIpc) is 3.62. The lowest BCUT2D eigenvalue weighted by Gasteiger charge is -2.28. The summed E-state index contributed by atoms with van der Waals surface area (Å²) in [5.41, 5.74) is 5.57. The first-order valence-corrected chi connectivity index (χ1v) is 18.4. The Hall–Kier alpha value is -5.18. The fraction of sp³-hybridized carbons (Fsp3) is 0.375. The minimum atomic E-state index is -2.84. The maximum absolute atomic E-state index is 13.8. The highest BCUT2D eigenvalue weighted by molar-refractivity contribution is 6.36. The van der Waals surface area contributed by atoms with Crippen LogP contribution in [0.15, 0.2) is 59.5 Å². The van der Waals surface area contributed by atoms with Gasteiger partial charge in [-0.25, -0.2) is 28.2 Å². The quantitative estimate of drug-likeness (QED) is 0.120. The number of carbonyl (C=O) groups is 1. The fourth-order valence-electron chi connectivity index (χ4n) is 7.26. The molecule has 0 bridgehead atoms. The van der Waals surface area contributed by atoms with Crippen molar-refractivity contribution >= 4 is 39.9 Å². The molecule has 0 aliphatic heterocycles. The molecule has 1 unspecified atom stereocenters. The van der Waals surface area contributed by atoms with E-state index in [1.807, 2.05) is 37.3 Å². The third-order valence-corrected chi connectivity index (χ3v) is 10.6. The van der Waals surface area contributed by atoms with Gasteiger partial charge in [-0.05, 0) is 68.1 Å². The molecule has 290 valence electrons. The summed E-state index contributed by atoms with van der Waals surface area (Å²) < 4.78 is 39.9. The Kier molecular flexibility index (Phi) is 12.3. The molecule has 5 aromatic rings. The monoisotopic (exact) mass is 774 g/mol. The number of amides is 2. The van der Waals surface area contributed by atoms with Gasteiger partial charge in [-0.3, -0.25) is 9.69 Å². The number of nitrogens with zero attached hydrogens (tertiary/aromatic N) is 6. The van der Waals surface area contributed by atoms with E-state index >= 15 is 0 Å². The summed E-state index contributed by atoms with van der Waals surface area (Å²) in [7, 11) is 8.46. The van der Waals surface area contributed by atoms with Gasteiger partial charge in [-0.2, -0.15) is 5.10 Å². The topological polar surface area (TPSA) is 127 Å². The Morgan fingerprint density at radius 1 is 1.07 bits per heavy atom. The van der Waals surface area contributed by atoms with Crippen molar-refractivity contribution in [2.24, 2.45) is 7.05 Å². The fourth-order valence-corrected chi connectivity index (χ4v) is 7.59. The average molecular weight is 775 g/mol. The predicted octanol–water partition coefficient (Wildman–Crippen LogP) is 7.31. The Bertz CT molecular complexity index is 2270. The number of halogens is 3. The van der Waals surface area contributed by atoms with E-state index in [1.54, 1.807) is 32.2 Å². The number of methoxy groups -OCH3 is 2. The number of aryl methyl sites for hydroxylation is 2. The van der Waals surface area contributed by atoms with E-state index in [0.717, 1.165) is 63.9 Å². The van der Waals surface area contributed by atoms with E-state index in [0.29, 0.717) is 42.0 Å². The van der Waals surface area contributed by atoms with Crippen LogP contribution in [-0.4, -0.2) is 90.1 Å². The van der Waals surface area contributed by atoms with Crippen LogP contribution in [0.3, 0.4) is 0 Å². The van der Waals surface area contributed by atoms with E-state index < -0.39 is 17.7 Å². The molecule has 0 saturated carbocycles. The van der Waals surface area contributed by atoms with Crippen LogP contribution >= 0.6 is 11.6 Å². The van der Waals surface area contributed by atoms with Crippen LogP contribution in [0.2, 0.25) is 5.02 Å². The van der Waals surface area contributed by atoms with Crippen molar-refractivity contribution in [2.75, 3.05) is 59.9 Å². The summed E-state index contributed by atoms with van der Waals surface area (Å²) in [5, 5.41) is 10.8. The maximum atomic E-state index is 13.8.